The lowest BCUT2D eigenvalue weighted by Crippen LogP contribution is -2.55. The number of nitrogens with one attached hydrogen (secondary N) is 1. The van der Waals surface area contributed by atoms with Crippen LogP contribution in [0.2, 0.25) is 0 Å². The summed E-state index contributed by atoms with van der Waals surface area (Å²) < 4.78 is 16.9. The van der Waals surface area contributed by atoms with E-state index in [-0.39, 0.29) is 28.1 Å². The van der Waals surface area contributed by atoms with Gasteiger partial charge in [0.15, 0.2) is 0 Å². The van der Waals surface area contributed by atoms with Gasteiger partial charge in [-0.15, -0.1) is 0 Å². The van der Waals surface area contributed by atoms with Crippen molar-refractivity contribution < 1.29 is 23.9 Å². The smallest absolute Gasteiger partial charge is 0.342 e. The van der Waals surface area contributed by atoms with Gasteiger partial charge in [0.2, 0.25) is 17.2 Å². The molecule has 2 aliphatic heterocycles. The number of pyridine rings is 1. The van der Waals surface area contributed by atoms with Gasteiger partial charge in [-0.2, -0.15) is 11.8 Å². The van der Waals surface area contributed by atoms with Crippen molar-refractivity contribution in [2.75, 3.05) is 42.6 Å². The summed E-state index contributed by atoms with van der Waals surface area (Å²) in [7, 11) is 0. The summed E-state index contributed by atoms with van der Waals surface area (Å²) in [6, 6.07) is 2.12. The number of hydrogen-bond donors (Lipinski definition) is 2. The average Bonchev–Trinajstić information content (AvgIpc) is 2.80. The molecule has 4 rings (SSSR count). The molecule has 0 bridgehead atoms. The van der Waals surface area contributed by atoms with Crippen LogP contribution in [0.4, 0.5) is 10.1 Å². The van der Waals surface area contributed by atoms with E-state index in [1.165, 1.54) is 18.7 Å². The highest BCUT2D eigenvalue weighted by Crippen LogP contribution is 2.46. The van der Waals surface area contributed by atoms with Gasteiger partial charge in [-0.05, 0) is 24.8 Å². The zero-order chi connectivity index (χ0) is 25.4. The van der Waals surface area contributed by atoms with E-state index in [4.69, 9.17) is 0 Å². The van der Waals surface area contributed by atoms with Crippen LogP contribution in [0.5, 0.6) is 0 Å². The van der Waals surface area contributed by atoms with E-state index >= 15 is 4.39 Å². The van der Waals surface area contributed by atoms with Crippen LogP contribution < -0.4 is 15.6 Å². The van der Waals surface area contributed by atoms with E-state index in [9.17, 15) is 24.3 Å². The van der Waals surface area contributed by atoms with Gasteiger partial charge in [-0.25, -0.2) is 9.18 Å². The van der Waals surface area contributed by atoms with E-state index in [0.29, 0.717) is 48.2 Å². The minimum atomic E-state index is -1.32. The Morgan fingerprint density at radius 3 is 2.51 bits per heavy atom. The maximum absolute atomic E-state index is 15.2. The summed E-state index contributed by atoms with van der Waals surface area (Å²) in [6.07, 6.45) is 0. The molecule has 2 amide bonds. The topological polar surface area (TPSA) is 112 Å². The molecule has 0 radical (unpaired) electrons. The van der Waals surface area contributed by atoms with Crippen LogP contribution >= 0.6 is 23.5 Å². The Labute approximate surface area is 210 Å². The number of amides is 2. The first-order valence-electron chi connectivity index (χ1n) is 11.3. The van der Waals surface area contributed by atoms with Crippen LogP contribution in [-0.2, 0) is 9.59 Å². The summed E-state index contributed by atoms with van der Waals surface area (Å²) in [5, 5.41) is 12.6. The van der Waals surface area contributed by atoms with Crippen LogP contribution in [0.3, 0.4) is 0 Å². The summed E-state index contributed by atoms with van der Waals surface area (Å²) in [5.74, 6) is -1.03. The molecule has 1 aromatic heterocycles. The largest absolute Gasteiger partial charge is 0.477 e. The Morgan fingerprint density at radius 2 is 1.94 bits per heavy atom. The van der Waals surface area contributed by atoms with Gasteiger partial charge >= 0.3 is 5.97 Å². The van der Waals surface area contributed by atoms with Gasteiger partial charge in [0.1, 0.15) is 17.4 Å². The normalized spacial score (nSPS) is 18.1. The van der Waals surface area contributed by atoms with E-state index in [1.807, 2.05) is 18.7 Å². The molecule has 0 saturated carbocycles. The van der Waals surface area contributed by atoms with Gasteiger partial charge in [-0.3, -0.25) is 14.4 Å². The van der Waals surface area contributed by atoms with Gasteiger partial charge in [-0.1, -0.05) is 18.7 Å². The number of benzene rings is 1. The van der Waals surface area contributed by atoms with Crippen LogP contribution in [0.1, 0.15) is 36.5 Å². The summed E-state index contributed by atoms with van der Waals surface area (Å²) in [4.78, 5) is 52.5. The van der Waals surface area contributed by atoms with Crippen molar-refractivity contribution in [1.29, 1.82) is 0 Å². The highest BCUT2D eigenvalue weighted by atomic mass is 32.2. The minimum absolute atomic E-state index is 0.0416. The molecule has 1 unspecified atom stereocenters. The second kappa shape index (κ2) is 10.1. The molecule has 2 N–H and O–H groups in total. The lowest BCUT2D eigenvalue weighted by Gasteiger charge is -2.38. The Kier molecular flexibility index (Phi) is 7.32. The van der Waals surface area contributed by atoms with E-state index in [2.05, 4.69) is 5.32 Å². The minimum Gasteiger partial charge on any atom is -0.477 e. The molecule has 2 aromatic rings. The summed E-state index contributed by atoms with van der Waals surface area (Å²) in [5.41, 5.74) is -0.202. The van der Waals surface area contributed by atoms with Gasteiger partial charge < -0.3 is 24.8 Å². The predicted molar refractivity (Wildman–Crippen MR) is 135 cm³/mol. The molecule has 2 atom stereocenters. The molecule has 1 aromatic carbocycles. The average molecular weight is 523 g/mol. The number of carboxylic acids is 1. The Morgan fingerprint density at radius 1 is 1.26 bits per heavy atom. The van der Waals surface area contributed by atoms with Gasteiger partial charge in [0, 0.05) is 44.2 Å². The highest BCUT2D eigenvalue weighted by molar-refractivity contribution is 8.00. The predicted octanol–water partition coefficient (Wildman–Crippen LogP) is 2.37. The maximum atomic E-state index is 15.2. The van der Waals surface area contributed by atoms with E-state index in [1.54, 1.807) is 27.3 Å². The molecule has 0 aliphatic carbocycles. The molecule has 1 fully saturated rings. The molecular formula is C23H27FN4O5S2. The lowest BCUT2D eigenvalue weighted by molar-refractivity contribution is -0.135. The quantitative estimate of drug-likeness (QED) is 0.570. The maximum Gasteiger partial charge on any atom is 0.342 e. The molecule has 2 aliphatic rings. The fourth-order valence-electron chi connectivity index (χ4n) is 4.51. The number of thioether (sulfide) groups is 2. The van der Waals surface area contributed by atoms with Crippen LogP contribution in [0, 0.1) is 5.82 Å². The molecule has 188 valence electrons. The van der Waals surface area contributed by atoms with Crippen molar-refractivity contribution in [1.82, 2.24) is 14.8 Å². The zero-order valence-corrected chi connectivity index (χ0v) is 21.3. The number of hydrogen-bond acceptors (Lipinski definition) is 7. The van der Waals surface area contributed by atoms with Crippen molar-refractivity contribution >= 4 is 57.9 Å². The Bertz CT molecular complexity index is 1260. The van der Waals surface area contributed by atoms with Crippen LogP contribution in [0.15, 0.2) is 22.0 Å². The monoisotopic (exact) mass is 522 g/mol. The number of carbonyl (C=O) groups is 3. The highest BCUT2D eigenvalue weighted by Gasteiger charge is 2.34. The number of aromatic carboxylic acids is 1. The Hall–Kier alpha value is -2.73. The number of carboxylic acid groups (broad SMARTS) is 1. The standard InChI is InChI=1S/C23H27FN4O5S2/c1-4-34-11-16(25-12(2)29)21(31)27-7-5-26(6-8-27)18-10-17-14(9-15(18)24)20(30)19(23(32)33)22-28(17)13(3)35-22/h9-10,13,16H,4-8,11H2,1-3H3,(H,25,29)(H,32,33)/t13?,16-/m1/s1. The van der Waals surface area contributed by atoms with Crippen molar-refractivity contribution in [2.24, 2.45) is 0 Å². The fraction of sp³-hybridized carbons (Fsp3) is 0.478. The third-order valence-corrected chi connectivity index (χ3v) is 8.34. The molecule has 3 heterocycles. The number of halogens is 1. The van der Waals surface area contributed by atoms with Gasteiger partial charge in [0.05, 0.1) is 21.6 Å². The number of nitrogens with zero attached hydrogens (tertiary/aromatic N) is 3. The lowest BCUT2D eigenvalue weighted by atomic mass is 10.1. The van der Waals surface area contributed by atoms with Crippen molar-refractivity contribution in [3.63, 3.8) is 0 Å². The van der Waals surface area contributed by atoms with E-state index in [0.717, 1.165) is 11.8 Å². The van der Waals surface area contributed by atoms with Crippen LogP contribution in [0.25, 0.3) is 10.9 Å². The fourth-order valence-corrected chi connectivity index (χ4v) is 6.36. The first kappa shape index (κ1) is 25.4. The Balaban J connectivity index is 1.58. The molecule has 9 nitrogen and oxygen atoms in total. The van der Waals surface area contributed by atoms with Crippen molar-refractivity contribution in [3.8, 4) is 0 Å². The van der Waals surface area contributed by atoms with Crippen molar-refractivity contribution in [2.45, 2.75) is 37.2 Å². The number of carbonyl (C=O) groups excluding carboxylic acids is 2. The second-order valence-corrected chi connectivity index (χ2v) is 11.1. The van der Waals surface area contributed by atoms with Gasteiger partial charge in [0.25, 0.3) is 0 Å². The molecule has 1 saturated heterocycles. The second-order valence-electron chi connectivity index (χ2n) is 8.45. The molecule has 12 heteroatoms. The molecule has 0 spiro atoms. The van der Waals surface area contributed by atoms with E-state index < -0.39 is 23.3 Å². The number of rotatable bonds is 7. The number of aromatic nitrogens is 1. The number of piperazine rings is 1. The number of anilines is 1. The third-order valence-electron chi connectivity index (χ3n) is 6.18. The summed E-state index contributed by atoms with van der Waals surface area (Å²) >= 11 is 2.87. The third kappa shape index (κ3) is 4.73. The number of fused-ring (bicyclic) bond motifs is 3. The first-order chi connectivity index (χ1) is 16.6. The molecular weight excluding hydrogens is 495 g/mol. The first-order valence-corrected chi connectivity index (χ1v) is 13.4. The van der Waals surface area contributed by atoms with Crippen LogP contribution in [-0.4, -0.2) is 76.1 Å². The molecule has 35 heavy (non-hydrogen) atoms. The zero-order valence-electron chi connectivity index (χ0n) is 19.7. The SMILES string of the molecule is CCSC[C@@H](NC(C)=O)C(=O)N1CCN(c2cc3c(cc2F)c(=O)c(C(=O)O)c2n3C(C)S2)CC1. The summed E-state index contributed by atoms with van der Waals surface area (Å²) in [6.45, 7) is 6.77. The van der Waals surface area contributed by atoms with Crippen molar-refractivity contribution in [3.05, 3.63) is 33.7 Å².